The van der Waals surface area contributed by atoms with Gasteiger partial charge in [-0.1, -0.05) is 159 Å². The quantitative estimate of drug-likeness (QED) is 0.177. The van der Waals surface area contributed by atoms with Crippen molar-refractivity contribution in [1.82, 2.24) is 15.0 Å². The van der Waals surface area contributed by atoms with Gasteiger partial charge in [0, 0.05) is 37.8 Å². The lowest BCUT2D eigenvalue weighted by Gasteiger charge is -2.26. The number of hydrogen-bond donors (Lipinski definition) is 0. The molecule has 0 amide bonds. The average molecular weight is 727 g/mol. The molecule has 0 spiro atoms. The SMILES string of the molecule is CC1(C)C2=CCC3N=C(c4ccccc4)SC3=C2c2ccc(-c3ccc(-c4nc(-c5ccccc5)nc(-c5cccc6c5oc5ccccc56)n4)cc3)cc21. The number of rotatable bonds is 5. The number of aliphatic imine (C=N–C) groups is 1. The van der Waals surface area contributed by atoms with Crippen molar-refractivity contribution in [2.45, 2.75) is 31.7 Å². The molecule has 3 heterocycles. The number of aromatic nitrogens is 3. The largest absolute Gasteiger partial charge is 0.455 e. The lowest BCUT2D eigenvalue weighted by atomic mass is 9.79. The number of furan rings is 1. The van der Waals surface area contributed by atoms with E-state index in [0.717, 1.165) is 55.7 Å². The van der Waals surface area contributed by atoms with Gasteiger partial charge in [0.1, 0.15) is 16.2 Å². The van der Waals surface area contributed by atoms with Gasteiger partial charge in [0.25, 0.3) is 0 Å². The fraction of sp³-hybridized carbons (Fsp3) is 0.102. The number of fused-ring (bicyclic) bond motifs is 7. The van der Waals surface area contributed by atoms with E-state index in [0.29, 0.717) is 17.5 Å². The molecule has 0 bridgehead atoms. The molecule has 55 heavy (non-hydrogen) atoms. The summed E-state index contributed by atoms with van der Waals surface area (Å²) in [7, 11) is 0. The number of allylic oxidation sites excluding steroid dienone is 2. The number of benzene rings is 6. The second-order valence-corrected chi connectivity index (χ2v) is 16.0. The maximum absolute atomic E-state index is 6.40. The molecule has 0 radical (unpaired) electrons. The van der Waals surface area contributed by atoms with Crippen LogP contribution in [0.1, 0.15) is 37.0 Å². The fourth-order valence-corrected chi connectivity index (χ4v) is 9.73. The molecular weight excluding hydrogens is 693 g/mol. The molecule has 6 heteroatoms. The Kier molecular flexibility index (Phi) is 7.20. The number of hydrogen-bond acceptors (Lipinski definition) is 6. The summed E-state index contributed by atoms with van der Waals surface area (Å²) in [5.74, 6) is 1.81. The first kappa shape index (κ1) is 32.1. The molecule has 1 unspecified atom stereocenters. The van der Waals surface area contributed by atoms with Crippen molar-refractivity contribution in [2.75, 3.05) is 0 Å². The van der Waals surface area contributed by atoms with Crippen LogP contribution >= 0.6 is 11.8 Å². The zero-order valence-corrected chi connectivity index (χ0v) is 31.1. The molecule has 0 saturated carbocycles. The molecule has 0 fully saturated rings. The van der Waals surface area contributed by atoms with E-state index in [1.165, 1.54) is 38.3 Å². The molecule has 11 rings (SSSR count). The molecular formula is C49H34N4OS. The van der Waals surface area contributed by atoms with E-state index >= 15 is 0 Å². The summed E-state index contributed by atoms with van der Waals surface area (Å²) >= 11 is 1.86. The van der Waals surface area contributed by atoms with Gasteiger partial charge in [0.2, 0.25) is 0 Å². The Morgan fingerprint density at radius 2 is 1.22 bits per heavy atom. The van der Waals surface area contributed by atoms with E-state index in [4.69, 9.17) is 24.4 Å². The normalized spacial score (nSPS) is 16.9. The third-order valence-corrected chi connectivity index (χ3v) is 12.5. The molecule has 5 nitrogen and oxygen atoms in total. The summed E-state index contributed by atoms with van der Waals surface area (Å²) in [5, 5.41) is 3.24. The monoisotopic (exact) mass is 726 g/mol. The van der Waals surface area contributed by atoms with Crippen LogP contribution in [0.25, 0.3) is 72.8 Å². The first-order valence-corrected chi connectivity index (χ1v) is 19.6. The van der Waals surface area contributed by atoms with E-state index in [1.807, 2.05) is 72.4 Å². The van der Waals surface area contributed by atoms with Gasteiger partial charge in [0.05, 0.1) is 11.6 Å². The predicted octanol–water partition coefficient (Wildman–Crippen LogP) is 12.3. The summed E-state index contributed by atoms with van der Waals surface area (Å²) < 4.78 is 6.40. The van der Waals surface area contributed by atoms with Crippen molar-refractivity contribution >= 4 is 44.3 Å². The zero-order chi connectivity index (χ0) is 36.7. The van der Waals surface area contributed by atoms with E-state index < -0.39 is 0 Å². The van der Waals surface area contributed by atoms with Gasteiger partial charge in [-0.05, 0) is 58.0 Å². The first-order valence-electron chi connectivity index (χ1n) is 18.7. The van der Waals surface area contributed by atoms with Crippen LogP contribution in [0.15, 0.2) is 172 Å². The minimum atomic E-state index is -0.105. The third-order valence-electron chi connectivity index (χ3n) is 11.3. The summed E-state index contributed by atoms with van der Waals surface area (Å²) in [4.78, 5) is 21.7. The van der Waals surface area contributed by atoms with Crippen molar-refractivity contribution in [1.29, 1.82) is 0 Å². The lowest BCUT2D eigenvalue weighted by Crippen LogP contribution is -2.18. The van der Waals surface area contributed by atoms with Crippen molar-refractivity contribution in [3.8, 4) is 45.3 Å². The van der Waals surface area contributed by atoms with Crippen molar-refractivity contribution in [3.05, 3.63) is 179 Å². The maximum Gasteiger partial charge on any atom is 0.167 e. The minimum absolute atomic E-state index is 0.105. The van der Waals surface area contributed by atoms with Gasteiger partial charge in [0.15, 0.2) is 17.5 Å². The Balaban J connectivity index is 0.967. The van der Waals surface area contributed by atoms with Gasteiger partial charge in [-0.2, -0.15) is 0 Å². The molecule has 262 valence electrons. The van der Waals surface area contributed by atoms with Crippen LogP contribution in [0.3, 0.4) is 0 Å². The zero-order valence-electron chi connectivity index (χ0n) is 30.3. The van der Waals surface area contributed by atoms with E-state index in [-0.39, 0.29) is 11.5 Å². The molecule has 3 aliphatic rings. The topological polar surface area (TPSA) is 64.2 Å². The van der Waals surface area contributed by atoms with E-state index in [2.05, 4.69) is 105 Å². The Morgan fingerprint density at radius 1 is 0.582 bits per heavy atom. The van der Waals surface area contributed by atoms with Crippen molar-refractivity contribution < 1.29 is 4.42 Å². The molecule has 1 atom stereocenters. The Bertz CT molecular complexity index is 2940. The highest BCUT2D eigenvalue weighted by atomic mass is 32.2. The lowest BCUT2D eigenvalue weighted by molar-refractivity contribution is 0.650. The Labute approximate surface area is 323 Å². The Morgan fingerprint density at radius 3 is 2.00 bits per heavy atom. The van der Waals surface area contributed by atoms with Crippen LogP contribution in [-0.2, 0) is 5.41 Å². The number of para-hydroxylation sites is 2. The predicted molar refractivity (Wildman–Crippen MR) is 226 cm³/mol. The second-order valence-electron chi connectivity index (χ2n) is 14.9. The summed E-state index contributed by atoms with van der Waals surface area (Å²) in [6.07, 6.45) is 3.39. The second kappa shape index (κ2) is 12.3. The average Bonchev–Trinajstić information content (AvgIpc) is 3.92. The summed E-state index contributed by atoms with van der Waals surface area (Å²) in [6.45, 7) is 4.73. The molecule has 2 aromatic heterocycles. The summed E-state index contributed by atoms with van der Waals surface area (Å²) in [6, 6.07) is 50.8. The molecule has 0 N–H and O–H groups in total. The van der Waals surface area contributed by atoms with Crippen LogP contribution in [0.5, 0.6) is 0 Å². The molecule has 6 aromatic carbocycles. The van der Waals surface area contributed by atoms with Crippen LogP contribution in [0.2, 0.25) is 0 Å². The van der Waals surface area contributed by atoms with Gasteiger partial charge in [-0.15, -0.1) is 0 Å². The number of thioether (sulfide) groups is 1. The Hall–Kier alpha value is -6.37. The smallest absolute Gasteiger partial charge is 0.167 e. The maximum atomic E-state index is 6.40. The highest BCUT2D eigenvalue weighted by Crippen LogP contribution is 2.57. The number of nitrogens with zero attached hydrogens (tertiary/aromatic N) is 4. The van der Waals surface area contributed by atoms with Crippen LogP contribution in [-0.4, -0.2) is 26.0 Å². The van der Waals surface area contributed by atoms with Crippen molar-refractivity contribution in [2.24, 2.45) is 4.99 Å². The highest BCUT2D eigenvalue weighted by Gasteiger charge is 2.44. The minimum Gasteiger partial charge on any atom is -0.455 e. The van der Waals surface area contributed by atoms with Gasteiger partial charge >= 0.3 is 0 Å². The standard InChI is InChI=1S/C49H34N4OS/c1-49(2)38-26-27-40-44(55-48(50-40)32-14-7-4-8-15-32)42(38)36-25-24-33(28-39(36)49)29-20-22-31(23-21-29)46-51-45(30-12-5-3-6-13-30)52-47(53-46)37-18-11-17-35-34-16-9-10-19-41(34)54-43(35)37/h3-26,28,40H,27H2,1-2H3. The van der Waals surface area contributed by atoms with Crippen LogP contribution < -0.4 is 0 Å². The first-order chi connectivity index (χ1) is 27.0. The third kappa shape index (κ3) is 5.16. The van der Waals surface area contributed by atoms with E-state index in [1.54, 1.807) is 0 Å². The van der Waals surface area contributed by atoms with E-state index in [9.17, 15) is 0 Å². The van der Waals surface area contributed by atoms with Gasteiger partial charge in [-0.3, -0.25) is 4.99 Å². The van der Waals surface area contributed by atoms with Crippen molar-refractivity contribution in [3.63, 3.8) is 0 Å². The van der Waals surface area contributed by atoms with Crippen LogP contribution in [0.4, 0.5) is 0 Å². The fourth-order valence-electron chi connectivity index (χ4n) is 8.48. The molecule has 8 aromatic rings. The molecule has 1 aliphatic heterocycles. The van der Waals surface area contributed by atoms with Crippen LogP contribution in [0, 0.1) is 0 Å². The molecule has 0 saturated heterocycles. The summed E-state index contributed by atoms with van der Waals surface area (Å²) in [5.41, 5.74) is 13.2. The van der Waals surface area contributed by atoms with Gasteiger partial charge < -0.3 is 4.42 Å². The highest BCUT2D eigenvalue weighted by molar-refractivity contribution is 8.18. The van der Waals surface area contributed by atoms with Gasteiger partial charge in [-0.25, -0.2) is 15.0 Å². The molecule has 2 aliphatic carbocycles.